The molecule has 1 N–H and O–H groups in total. The number of carbonyl (C=O) groups excluding carboxylic acids is 1. The Morgan fingerprint density at radius 3 is 2.41 bits per heavy atom. The molecule has 1 amide bonds. The number of amides is 1. The standard InChI is InChI=1S/C22H23ClN4O2/c1-16-15-20(25-29-16)24-22(28)21(17-7-3-2-4-8-17)27-13-11-26(12-14-27)19-10-6-5-9-18(19)23/h2-10,15,21H,11-14H2,1H3,(H,24,25,28). The average Bonchev–Trinajstić information content (AvgIpc) is 3.14. The van der Waals surface area contributed by atoms with Crippen LogP contribution in [0.2, 0.25) is 5.02 Å². The lowest BCUT2D eigenvalue weighted by Crippen LogP contribution is -2.50. The van der Waals surface area contributed by atoms with Gasteiger partial charge in [-0.15, -0.1) is 0 Å². The second kappa shape index (κ2) is 8.68. The van der Waals surface area contributed by atoms with E-state index in [0.717, 1.165) is 42.5 Å². The van der Waals surface area contributed by atoms with Crippen molar-refractivity contribution in [2.45, 2.75) is 13.0 Å². The normalized spacial score (nSPS) is 15.9. The van der Waals surface area contributed by atoms with E-state index in [-0.39, 0.29) is 5.91 Å². The summed E-state index contributed by atoms with van der Waals surface area (Å²) in [5, 5.41) is 7.53. The van der Waals surface area contributed by atoms with Crippen LogP contribution in [0.4, 0.5) is 11.5 Å². The zero-order chi connectivity index (χ0) is 20.2. The molecule has 0 spiro atoms. The molecule has 1 fully saturated rings. The molecule has 0 radical (unpaired) electrons. The molecular weight excluding hydrogens is 388 g/mol. The molecule has 1 atom stereocenters. The van der Waals surface area contributed by atoms with Gasteiger partial charge in [-0.25, -0.2) is 0 Å². The Kier molecular flexibility index (Phi) is 5.83. The van der Waals surface area contributed by atoms with Crippen molar-refractivity contribution in [2.75, 3.05) is 36.4 Å². The second-order valence-corrected chi connectivity index (χ2v) is 7.51. The van der Waals surface area contributed by atoms with Crippen LogP contribution in [-0.2, 0) is 4.79 Å². The number of nitrogens with zero attached hydrogens (tertiary/aromatic N) is 3. The quantitative estimate of drug-likeness (QED) is 0.685. The first-order valence-electron chi connectivity index (χ1n) is 9.64. The number of rotatable bonds is 5. The van der Waals surface area contributed by atoms with Gasteiger partial charge in [0.2, 0.25) is 5.91 Å². The van der Waals surface area contributed by atoms with Gasteiger partial charge in [0, 0.05) is 32.2 Å². The SMILES string of the molecule is Cc1cc(NC(=O)C(c2ccccc2)N2CCN(c3ccccc3Cl)CC2)no1. The molecule has 0 bridgehead atoms. The molecule has 150 valence electrons. The van der Waals surface area contributed by atoms with E-state index in [0.29, 0.717) is 11.6 Å². The number of aromatic nitrogens is 1. The van der Waals surface area contributed by atoms with Crippen molar-refractivity contribution in [3.63, 3.8) is 0 Å². The summed E-state index contributed by atoms with van der Waals surface area (Å²) in [6.45, 7) is 4.88. The number of carbonyl (C=O) groups is 1. The molecule has 2 heterocycles. The smallest absolute Gasteiger partial charge is 0.247 e. The maximum Gasteiger partial charge on any atom is 0.247 e. The second-order valence-electron chi connectivity index (χ2n) is 7.10. The van der Waals surface area contributed by atoms with Gasteiger partial charge >= 0.3 is 0 Å². The Morgan fingerprint density at radius 2 is 1.76 bits per heavy atom. The van der Waals surface area contributed by atoms with E-state index < -0.39 is 6.04 Å². The minimum Gasteiger partial charge on any atom is -0.368 e. The first-order valence-corrected chi connectivity index (χ1v) is 10.0. The highest BCUT2D eigenvalue weighted by atomic mass is 35.5. The fraction of sp³-hybridized carbons (Fsp3) is 0.273. The first-order chi connectivity index (χ1) is 14.1. The molecule has 7 heteroatoms. The van der Waals surface area contributed by atoms with Gasteiger partial charge in [0.15, 0.2) is 5.82 Å². The van der Waals surface area contributed by atoms with Gasteiger partial charge < -0.3 is 14.7 Å². The van der Waals surface area contributed by atoms with E-state index in [1.807, 2.05) is 54.6 Å². The van der Waals surface area contributed by atoms with E-state index in [9.17, 15) is 4.79 Å². The zero-order valence-electron chi connectivity index (χ0n) is 16.2. The summed E-state index contributed by atoms with van der Waals surface area (Å²) in [5.74, 6) is 0.976. The number of hydrogen-bond acceptors (Lipinski definition) is 5. The van der Waals surface area contributed by atoms with Gasteiger partial charge in [-0.2, -0.15) is 0 Å². The van der Waals surface area contributed by atoms with Gasteiger partial charge in [-0.1, -0.05) is 59.2 Å². The van der Waals surface area contributed by atoms with Gasteiger partial charge in [-0.05, 0) is 24.6 Å². The molecule has 0 saturated carbocycles. The fourth-order valence-electron chi connectivity index (χ4n) is 3.71. The fourth-order valence-corrected chi connectivity index (χ4v) is 3.97. The minimum atomic E-state index is -0.401. The maximum absolute atomic E-state index is 13.2. The third-order valence-corrected chi connectivity index (χ3v) is 5.44. The minimum absolute atomic E-state index is 0.115. The van der Waals surface area contributed by atoms with E-state index in [1.54, 1.807) is 13.0 Å². The van der Waals surface area contributed by atoms with Gasteiger partial charge in [0.1, 0.15) is 11.8 Å². The molecule has 1 aliphatic heterocycles. The number of piperazine rings is 1. The Bertz CT molecular complexity index is 968. The van der Waals surface area contributed by atoms with E-state index in [4.69, 9.17) is 16.1 Å². The number of nitrogens with one attached hydrogen (secondary N) is 1. The number of halogens is 1. The lowest BCUT2D eigenvalue weighted by Gasteiger charge is -2.39. The topological polar surface area (TPSA) is 61.6 Å². The molecule has 1 unspecified atom stereocenters. The highest BCUT2D eigenvalue weighted by Gasteiger charge is 2.31. The summed E-state index contributed by atoms with van der Waals surface area (Å²) in [6, 6.07) is 19.0. The Hall–Kier alpha value is -2.83. The highest BCUT2D eigenvalue weighted by molar-refractivity contribution is 6.33. The lowest BCUT2D eigenvalue weighted by atomic mass is 10.0. The Balaban J connectivity index is 1.51. The van der Waals surface area contributed by atoms with Crippen LogP contribution in [0.25, 0.3) is 0 Å². The number of hydrogen-bond donors (Lipinski definition) is 1. The van der Waals surface area contributed by atoms with Crippen LogP contribution in [0.3, 0.4) is 0 Å². The van der Waals surface area contributed by atoms with Crippen LogP contribution >= 0.6 is 11.6 Å². The highest BCUT2D eigenvalue weighted by Crippen LogP contribution is 2.29. The molecular formula is C22H23ClN4O2. The van der Waals surface area contributed by atoms with Crippen molar-refractivity contribution >= 4 is 29.0 Å². The van der Waals surface area contributed by atoms with E-state index in [1.165, 1.54) is 0 Å². The summed E-state index contributed by atoms with van der Waals surface area (Å²) >= 11 is 6.36. The van der Waals surface area contributed by atoms with Crippen molar-refractivity contribution in [2.24, 2.45) is 0 Å². The van der Waals surface area contributed by atoms with Gasteiger partial charge in [0.05, 0.1) is 10.7 Å². The number of para-hydroxylation sites is 1. The monoisotopic (exact) mass is 410 g/mol. The average molecular weight is 411 g/mol. The van der Waals surface area contributed by atoms with Crippen LogP contribution in [0.1, 0.15) is 17.4 Å². The van der Waals surface area contributed by atoms with Crippen LogP contribution in [-0.4, -0.2) is 42.1 Å². The zero-order valence-corrected chi connectivity index (χ0v) is 17.0. The molecule has 3 aromatic rings. The van der Waals surface area contributed by atoms with Gasteiger partial charge in [-0.3, -0.25) is 9.69 Å². The summed E-state index contributed by atoms with van der Waals surface area (Å²) in [7, 11) is 0. The molecule has 6 nitrogen and oxygen atoms in total. The summed E-state index contributed by atoms with van der Waals surface area (Å²) < 4.78 is 5.07. The third kappa shape index (κ3) is 4.44. The van der Waals surface area contributed by atoms with Crippen molar-refractivity contribution in [3.05, 3.63) is 77.0 Å². The van der Waals surface area contributed by atoms with Crippen molar-refractivity contribution in [1.29, 1.82) is 0 Å². The first kappa shape index (κ1) is 19.5. The van der Waals surface area contributed by atoms with Crippen molar-refractivity contribution < 1.29 is 9.32 Å². The van der Waals surface area contributed by atoms with Crippen molar-refractivity contribution in [1.82, 2.24) is 10.1 Å². The molecule has 29 heavy (non-hydrogen) atoms. The Labute approximate surface area is 175 Å². The summed E-state index contributed by atoms with van der Waals surface area (Å²) in [4.78, 5) is 17.6. The lowest BCUT2D eigenvalue weighted by molar-refractivity contribution is -0.121. The van der Waals surface area contributed by atoms with Gasteiger partial charge in [0.25, 0.3) is 0 Å². The van der Waals surface area contributed by atoms with Crippen molar-refractivity contribution in [3.8, 4) is 0 Å². The Morgan fingerprint density at radius 1 is 1.07 bits per heavy atom. The maximum atomic E-state index is 13.2. The molecule has 1 saturated heterocycles. The van der Waals surface area contributed by atoms with Crippen LogP contribution in [0, 0.1) is 6.92 Å². The third-order valence-electron chi connectivity index (χ3n) is 5.12. The molecule has 1 aromatic heterocycles. The van der Waals surface area contributed by atoms with Crippen LogP contribution < -0.4 is 10.2 Å². The number of aryl methyl sites for hydroxylation is 1. The predicted molar refractivity (Wildman–Crippen MR) is 114 cm³/mol. The molecule has 2 aromatic carbocycles. The number of benzene rings is 2. The number of anilines is 2. The molecule has 4 rings (SSSR count). The molecule has 0 aliphatic carbocycles. The molecule has 1 aliphatic rings. The van der Waals surface area contributed by atoms with Crippen LogP contribution in [0.15, 0.2) is 65.2 Å². The largest absolute Gasteiger partial charge is 0.368 e. The van der Waals surface area contributed by atoms with Crippen LogP contribution in [0.5, 0.6) is 0 Å². The summed E-state index contributed by atoms with van der Waals surface area (Å²) in [6.07, 6.45) is 0. The van der Waals surface area contributed by atoms with E-state index >= 15 is 0 Å². The summed E-state index contributed by atoms with van der Waals surface area (Å²) in [5.41, 5.74) is 1.99. The predicted octanol–water partition coefficient (Wildman–Crippen LogP) is 4.14. The van der Waals surface area contributed by atoms with E-state index in [2.05, 4.69) is 20.3 Å².